The Morgan fingerprint density at radius 3 is 2.61 bits per heavy atom. The second kappa shape index (κ2) is 5.13. The monoisotopic (exact) mass is 270 g/mol. The number of ether oxygens (including phenoxy) is 1. The van der Waals surface area contributed by atoms with Crippen molar-refractivity contribution in [2.75, 3.05) is 13.2 Å². The van der Waals surface area contributed by atoms with Gasteiger partial charge in [0.2, 0.25) is 5.91 Å². The molecule has 0 bridgehead atoms. The topological polar surface area (TPSA) is 64.3 Å². The summed E-state index contributed by atoms with van der Waals surface area (Å²) in [5, 5.41) is 3.01. The Morgan fingerprint density at radius 1 is 1.50 bits per heavy atom. The Hall–Kier alpha value is -0.680. The van der Waals surface area contributed by atoms with Crippen LogP contribution in [0.3, 0.4) is 0 Å². The zero-order valence-corrected chi connectivity index (χ0v) is 11.9. The van der Waals surface area contributed by atoms with E-state index in [0.717, 1.165) is 25.9 Å². The smallest absolute Gasteiger partial charge is 0.233 e. The van der Waals surface area contributed by atoms with Gasteiger partial charge in [-0.3, -0.25) is 4.79 Å². The maximum absolute atomic E-state index is 12.3. The molecule has 1 aliphatic heterocycles. The molecule has 0 aromatic heterocycles. The van der Waals surface area contributed by atoms with Crippen LogP contribution in [0, 0.1) is 17.3 Å². The lowest BCUT2D eigenvalue weighted by Gasteiger charge is -2.44. The molecule has 0 aromatic carbocycles. The third-order valence-electron chi connectivity index (χ3n) is 4.36. The summed E-state index contributed by atoms with van der Waals surface area (Å²) in [4.78, 5) is 12.6. The maximum atomic E-state index is 12.3. The summed E-state index contributed by atoms with van der Waals surface area (Å²) < 4.78 is 5.49. The van der Waals surface area contributed by atoms with E-state index >= 15 is 0 Å². The van der Waals surface area contributed by atoms with Gasteiger partial charge in [-0.05, 0) is 32.1 Å². The molecule has 5 heteroatoms. The standard InChI is InChI=1S/C13H22N2O2S/c1-8-5-13(6-8,11(14)18)12(16)15-7-10-3-4-17-9(10)2/h8-10H,3-7H2,1-2H3,(H2,14,18)(H,15,16). The van der Waals surface area contributed by atoms with Crippen molar-refractivity contribution in [2.45, 2.75) is 39.2 Å². The molecule has 2 aliphatic rings. The van der Waals surface area contributed by atoms with Crippen molar-refractivity contribution in [1.29, 1.82) is 0 Å². The molecule has 1 saturated carbocycles. The Kier molecular flexibility index (Phi) is 3.92. The van der Waals surface area contributed by atoms with Crippen LogP contribution in [0.4, 0.5) is 0 Å². The van der Waals surface area contributed by atoms with Crippen LogP contribution in [0.1, 0.15) is 33.1 Å². The Labute approximate surface area is 114 Å². The summed E-state index contributed by atoms with van der Waals surface area (Å²) >= 11 is 5.07. The van der Waals surface area contributed by atoms with Gasteiger partial charge in [0.25, 0.3) is 0 Å². The maximum Gasteiger partial charge on any atom is 0.233 e. The van der Waals surface area contributed by atoms with E-state index in [2.05, 4.69) is 19.2 Å². The van der Waals surface area contributed by atoms with Crippen molar-refractivity contribution < 1.29 is 9.53 Å². The van der Waals surface area contributed by atoms with Crippen molar-refractivity contribution in [3.05, 3.63) is 0 Å². The predicted molar refractivity (Wildman–Crippen MR) is 74.1 cm³/mol. The van der Waals surface area contributed by atoms with Crippen LogP contribution >= 0.6 is 12.2 Å². The van der Waals surface area contributed by atoms with Crippen LogP contribution in [-0.2, 0) is 9.53 Å². The van der Waals surface area contributed by atoms with Gasteiger partial charge < -0.3 is 15.8 Å². The zero-order chi connectivity index (χ0) is 13.3. The van der Waals surface area contributed by atoms with Crippen molar-refractivity contribution in [1.82, 2.24) is 5.32 Å². The average Bonchev–Trinajstić information content (AvgIpc) is 2.66. The zero-order valence-electron chi connectivity index (χ0n) is 11.1. The normalized spacial score (nSPS) is 39.1. The van der Waals surface area contributed by atoms with Gasteiger partial charge in [-0.2, -0.15) is 0 Å². The average molecular weight is 270 g/mol. The number of carbonyl (C=O) groups is 1. The number of nitrogens with one attached hydrogen (secondary N) is 1. The third kappa shape index (κ3) is 2.38. The summed E-state index contributed by atoms with van der Waals surface area (Å²) in [6.07, 6.45) is 2.81. The first-order chi connectivity index (χ1) is 8.45. The van der Waals surface area contributed by atoms with E-state index < -0.39 is 5.41 Å². The van der Waals surface area contributed by atoms with E-state index in [9.17, 15) is 4.79 Å². The molecule has 2 rings (SSSR count). The Morgan fingerprint density at radius 2 is 2.17 bits per heavy atom. The van der Waals surface area contributed by atoms with Crippen LogP contribution in [0.25, 0.3) is 0 Å². The van der Waals surface area contributed by atoms with E-state index in [1.165, 1.54) is 0 Å². The highest BCUT2D eigenvalue weighted by molar-refractivity contribution is 7.80. The SMILES string of the molecule is CC1CC(C(=O)NCC2CCOC2C)(C(N)=S)C1. The number of thiocarbonyl (C=S) groups is 1. The number of hydrogen-bond donors (Lipinski definition) is 2. The summed E-state index contributed by atoms with van der Waals surface area (Å²) in [5.74, 6) is 0.952. The van der Waals surface area contributed by atoms with E-state index in [0.29, 0.717) is 23.4 Å². The fourth-order valence-corrected chi connectivity index (χ4v) is 3.32. The molecule has 1 aliphatic carbocycles. The summed E-state index contributed by atoms with van der Waals surface area (Å²) in [6, 6.07) is 0. The number of nitrogens with two attached hydrogens (primary N) is 1. The largest absolute Gasteiger partial charge is 0.392 e. The highest BCUT2D eigenvalue weighted by Crippen LogP contribution is 2.46. The van der Waals surface area contributed by atoms with Crippen molar-refractivity contribution >= 4 is 23.1 Å². The van der Waals surface area contributed by atoms with E-state index in [-0.39, 0.29) is 12.0 Å². The summed E-state index contributed by atoms with van der Waals surface area (Å²) in [5.41, 5.74) is 5.17. The predicted octanol–water partition coefficient (Wildman–Crippen LogP) is 1.23. The molecule has 2 atom stereocenters. The number of carbonyl (C=O) groups excluding carboxylic acids is 1. The lowest BCUT2D eigenvalue weighted by atomic mass is 9.62. The lowest BCUT2D eigenvalue weighted by molar-refractivity contribution is -0.133. The molecular weight excluding hydrogens is 248 g/mol. The first kappa shape index (κ1) is 13.7. The summed E-state index contributed by atoms with van der Waals surface area (Å²) in [7, 11) is 0. The fraction of sp³-hybridized carbons (Fsp3) is 0.846. The van der Waals surface area contributed by atoms with Crippen LogP contribution in [0.5, 0.6) is 0 Å². The third-order valence-corrected chi connectivity index (χ3v) is 4.75. The van der Waals surface area contributed by atoms with Gasteiger partial charge in [-0.1, -0.05) is 19.1 Å². The Balaban J connectivity index is 1.89. The molecule has 1 saturated heterocycles. The minimum absolute atomic E-state index is 0.00667. The molecule has 2 fully saturated rings. The number of rotatable bonds is 4. The van der Waals surface area contributed by atoms with Gasteiger partial charge in [0.1, 0.15) is 0 Å². The molecule has 0 aromatic rings. The molecule has 102 valence electrons. The quantitative estimate of drug-likeness (QED) is 0.754. The van der Waals surface area contributed by atoms with Gasteiger partial charge in [0, 0.05) is 19.1 Å². The van der Waals surface area contributed by atoms with Crippen molar-refractivity contribution in [2.24, 2.45) is 23.0 Å². The molecule has 0 radical (unpaired) electrons. The molecule has 3 N–H and O–H groups in total. The van der Waals surface area contributed by atoms with Crippen LogP contribution in [0.15, 0.2) is 0 Å². The molecule has 0 spiro atoms. The van der Waals surface area contributed by atoms with Crippen molar-refractivity contribution in [3.8, 4) is 0 Å². The van der Waals surface area contributed by atoms with Crippen molar-refractivity contribution in [3.63, 3.8) is 0 Å². The fourth-order valence-electron chi connectivity index (χ4n) is 3.07. The first-order valence-electron chi connectivity index (χ1n) is 6.65. The van der Waals surface area contributed by atoms with Crippen LogP contribution in [0.2, 0.25) is 0 Å². The minimum Gasteiger partial charge on any atom is -0.392 e. The minimum atomic E-state index is -0.586. The second-order valence-corrected chi connectivity index (χ2v) is 6.23. The Bertz CT molecular complexity index is 353. The van der Waals surface area contributed by atoms with Crippen LogP contribution < -0.4 is 11.1 Å². The lowest BCUT2D eigenvalue weighted by Crippen LogP contribution is -2.56. The first-order valence-corrected chi connectivity index (χ1v) is 7.06. The van der Waals surface area contributed by atoms with Crippen LogP contribution in [-0.4, -0.2) is 30.2 Å². The van der Waals surface area contributed by atoms with E-state index in [1.807, 2.05) is 0 Å². The van der Waals surface area contributed by atoms with Gasteiger partial charge in [0.05, 0.1) is 16.5 Å². The number of hydrogen-bond acceptors (Lipinski definition) is 3. The highest BCUT2D eigenvalue weighted by atomic mass is 32.1. The highest BCUT2D eigenvalue weighted by Gasteiger charge is 2.50. The summed E-state index contributed by atoms with van der Waals surface area (Å²) in [6.45, 7) is 5.63. The molecule has 2 unspecified atom stereocenters. The van der Waals surface area contributed by atoms with Gasteiger partial charge in [0.15, 0.2) is 0 Å². The molecule has 1 heterocycles. The van der Waals surface area contributed by atoms with E-state index in [4.69, 9.17) is 22.7 Å². The van der Waals surface area contributed by atoms with E-state index in [1.54, 1.807) is 0 Å². The molecule has 18 heavy (non-hydrogen) atoms. The molecule has 4 nitrogen and oxygen atoms in total. The van der Waals surface area contributed by atoms with Gasteiger partial charge >= 0.3 is 0 Å². The number of amides is 1. The van der Waals surface area contributed by atoms with Gasteiger partial charge in [-0.25, -0.2) is 0 Å². The second-order valence-electron chi connectivity index (χ2n) is 5.79. The molecular formula is C13H22N2O2S. The molecule has 1 amide bonds. The van der Waals surface area contributed by atoms with Gasteiger partial charge in [-0.15, -0.1) is 0 Å².